The third-order valence-corrected chi connectivity index (χ3v) is 1.61. The maximum Gasteiger partial charge on any atom is 0.293 e. The van der Waals surface area contributed by atoms with Gasteiger partial charge in [-0.2, -0.15) is 0 Å². The van der Waals surface area contributed by atoms with E-state index in [1.54, 1.807) is 0 Å². The molecule has 1 fully saturated rings. The van der Waals surface area contributed by atoms with Crippen LogP contribution in [0.15, 0.2) is 0 Å². The molecule has 1 aliphatic carbocycles. The van der Waals surface area contributed by atoms with Crippen LogP contribution >= 0.6 is 0 Å². The van der Waals surface area contributed by atoms with Gasteiger partial charge in [0, 0.05) is 0 Å². The number of aliphatic hydroxyl groups excluding tert-OH is 1. The summed E-state index contributed by atoms with van der Waals surface area (Å²) in [5, 5.41) is 8.77. The molecule has 0 aromatic rings. The zero-order chi connectivity index (χ0) is 6.69. The average molecular weight is 130 g/mol. The van der Waals surface area contributed by atoms with E-state index in [1.807, 2.05) is 0 Å². The second-order valence-electron chi connectivity index (χ2n) is 2.42. The maximum atomic E-state index is 9.65. The summed E-state index contributed by atoms with van der Waals surface area (Å²) in [4.78, 5) is 9.65. The molecule has 1 rings (SSSR count). The molecule has 0 saturated heterocycles. The minimum absolute atomic E-state index is 0.148. The van der Waals surface area contributed by atoms with Crippen LogP contribution in [-0.2, 0) is 9.53 Å². The summed E-state index contributed by atoms with van der Waals surface area (Å²) in [6, 6.07) is 0. The van der Waals surface area contributed by atoms with E-state index >= 15 is 0 Å². The monoisotopic (exact) mass is 130 g/mol. The van der Waals surface area contributed by atoms with Gasteiger partial charge in [0.15, 0.2) is 0 Å². The molecule has 0 heterocycles. The summed E-state index contributed by atoms with van der Waals surface area (Å²) in [6.45, 7) is 0.922. The Morgan fingerprint density at radius 1 is 1.67 bits per heavy atom. The minimum Gasteiger partial charge on any atom is -0.468 e. The van der Waals surface area contributed by atoms with E-state index in [4.69, 9.17) is 5.11 Å². The Bertz CT molecular complexity index is 96.5. The molecule has 9 heavy (non-hydrogen) atoms. The van der Waals surface area contributed by atoms with Crippen LogP contribution in [-0.4, -0.2) is 24.3 Å². The van der Waals surface area contributed by atoms with Gasteiger partial charge in [-0.1, -0.05) is 0 Å². The molecule has 0 aromatic carbocycles. The van der Waals surface area contributed by atoms with E-state index in [9.17, 15) is 4.79 Å². The Morgan fingerprint density at radius 3 is 2.78 bits per heavy atom. The summed E-state index contributed by atoms with van der Waals surface area (Å²) < 4.78 is 4.49. The highest BCUT2D eigenvalue weighted by molar-refractivity contribution is 5.36. The molecule has 1 N–H and O–H groups in total. The molecule has 52 valence electrons. The third-order valence-electron chi connectivity index (χ3n) is 1.61. The smallest absolute Gasteiger partial charge is 0.293 e. The molecule has 0 unspecified atom stereocenters. The molecule has 3 nitrogen and oxygen atoms in total. The standard InChI is InChI=1S/C6H10O3/c7-4-9-3-5-1-6(8)2-5/h4-6,8H,1-3H2/t5-,6-. The van der Waals surface area contributed by atoms with Gasteiger partial charge in [0.25, 0.3) is 6.47 Å². The van der Waals surface area contributed by atoms with Gasteiger partial charge in [-0.25, -0.2) is 0 Å². The van der Waals surface area contributed by atoms with Crippen molar-refractivity contribution in [2.45, 2.75) is 18.9 Å². The highest BCUT2D eigenvalue weighted by Gasteiger charge is 2.27. The molecule has 0 spiro atoms. The van der Waals surface area contributed by atoms with E-state index in [2.05, 4.69) is 4.74 Å². The highest BCUT2D eigenvalue weighted by Crippen LogP contribution is 2.26. The van der Waals surface area contributed by atoms with Gasteiger partial charge in [-0.15, -0.1) is 0 Å². The maximum absolute atomic E-state index is 9.65. The van der Waals surface area contributed by atoms with Crippen molar-refractivity contribution >= 4 is 6.47 Å². The molecule has 0 aromatic heterocycles. The molecule has 0 amide bonds. The van der Waals surface area contributed by atoms with Crippen molar-refractivity contribution in [2.75, 3.05) is 6.61 Å². The van der Waals surface area contributed by atoms with Crippen molar-refractivity contribution in [1.29, 1.82) is 0 Å². The van der Waals surface area contributed by atoms with Crippen LogP contribution in [0.25, 0.3) is 0 Å². The summed E-state index contributed by atoms with van der Waals surface area (Å²) in [7, 11) is 0. The van der Waals surface area contributed by atoms with Crippen molar-refractivity contribution in [3.63, 3.8) is 0 Å². The number of ether oxygens (including phenoxy) is 1. The zero-order valence-corrected chi connectivity index (χ0v) is 5.12. The molecular weight excluding hydrogens is 120 g/mol. The summed E-state index contributed by atoms with van der Waals surface area (Å²) in [6.07, 6.45) is 1.42. The van der Waals surface area contributed by atoms with Crippen molar-refractivity contribution in [2.24, 2.45) is 5.92 Å². The fraction of sp³-hybridized carbons (Fsp3) is 0.833. The molecule has 1 saturated carbocycles. The van der Waals surface area contributed by atoms with Gasteiger partial charge in [0.2, 0.25) is 0 Å². The topological polar surface area (TPSA) is 46.5 Å². The number of carbonyl (C=O) groups is 1. The SMILES string of the molecule is O=COC[C@H]1C[C@H](O)C1. The summed E-state index contributed by atoms with van der Waals surface area (Å²) in [5.74, 6) is 0.408. The first kappa shape index (κ1) is 6.55. The molecule has 0 bridgehead atoms. The van der Waals surface area contributed by atoms with Gasteiger partial charge < -0.3 is 9.84 Å². The fourth-order valence-electron chi connectivity index (χ4n) is 1.01. The molecule has 0 radical (unpaired) electrons. The first-order valence-corrected chi connectivity index (χ1v) is 3.06. The van der Waals surface area contributed by atoms with E-state index in [0.717, 1.165) is 12.8 Å². The van der Waals surface area contributed by atoms with Gasteiger partial charge in [0.05, 0.1) is 12.7 Å². The zero-order valence-electron chi connectivity index (χ0n) is 5.12. The Morgan fingerprint density at radius 2 is 2.33 bits per heavy atom. The lowest BCUT2D eigenvalue weighted by Gasteiger charge is -2.29. The number of hydrogen-bond donors (Lipinski definition) is 1. The second-order valence-corrected chi connectivity index (χ2v) is 2.42. The van der Waals surface area contributed by atoms with E-state index < -0.39 is 0 Å². The van der Waals surface area contributed by atoms with Crippen molar-refractivity contribution in [3.8, 4) is 0 Å². The predicted octanol–water partition coefficient (Wildman–Crippen LogP) is -0.0697. The number of hydrogen-bond acceptors (Lipinski definition) is 3. The van der Waals surface area contributed by atoms with Crippen LogP contribution < -0.4 is 0 Å². The van der Waals surface area contributed by atoms with Crippen LogP contribution in [0.1, 0.15) is 12.8 Å². The lowest BCUT2D eigenvalue weighted by Crippen LogP contribution is -2.31. The second kappa shape index (κ2) is 2.82. The quantitative estimate of drug-likeness (QED) is 0.544. The van der Waals surface area contributed by atoms with Crippen LogP contribution in [0.2, 0.25) is 0 Å². The number of carbonyl (C=O) groups excluding carboxylic acids is 1. The van der Waals surface area contributed by atoms with Crippen LogP contribution in [0.4, 0.5) is 0 Å². The van der Waals surface area contributed by atoms with Gasteiger partial charge in [-0.3, -0.25) is 4.79 Å². The number of aliphatic hydroxyl groups is 1. The Labute approximate surface area is 53.6 Å². The highest BCUT2D eigenvalue weighted by atomic mass is 16.5. The van der Waals surface area contributed by atoms with Crippen molar-refractivity contribution in [3.05, 3.63) is 0 Å². The van der Waals surface area contributed by atoms with Crippen molar-refractivity contribution in [1.82, 2.24) is 0 Å². The van der Waals surface area contributed by atoms with E-state index in [1.165, 1.54) is 0 Å². The molecular formula is C6H10O3. The van der Waals surface area contributed by atoms with Crippen LogP contribution in [0, 0.1) is 5.92 Å². The Hall–Kier alpha value is -0.570. The predicted molar refractivity (Wildman–Crippen MR) is 30.7 cm³/mol. The van der Waals surface area contributed by atoms with Gasteiger partial charge in [0.1, 0.15) is 0 Å². The lowest BCUT2D eigenvalue weighted by atomic mass is 9.83. The first-order chi connectivity index (χ1) is 4.33. The summed E-state index contributed by atoms with van der Waals surface area (Å²) in [5.41, 5.74) is 0. The van der Waals surface area contributed by atoms with Crippen LogP contribution in [0.3, 0.4) is 0 Å². The lowest BCUT2D eigenvalue weighted by molar-refractivity contribution is -0.132. The first-order valence-electron chi connectivity index (χ1n) is 3.06. The van der Waals surface area contributed by atoms with E-state index in [-0.39, 0.29) is 6.10 Å². The van der Waals surface area contributed by atoms with Crippen LogP contribution in [0.5, 0.6) is 0 Å². The fourth-order valence-corrected chi connectivity index (χ4v) is 1.01. The largest absolute Gasteiger partial charge is 0.468 e. The molecule has 0 atom stereocenters. The Kier molecular flexibility index (Phi) is 2.05. The Balaban J connectivity index is 1.97. The van der Waals surface area contributed by atoms with Crippen molar-refractivity contribution < 1.29 is 14.6 Å². The summed E-state index contributed by atoms with van der Waals surface area (Å²) >= 11 is 0. The molecule has 1 aliphatic rings. The van der Waals surface area contributed by atoms with Gasteiger partial charge >= 0.3 is 0 Å². The molecule has 0 aliphatic heterocycles. The molecule has 3 heteroatoms. The van der Waals surface area contributed by atoms with Gasteiger partial charge in [-0.05, 0) is 18.8 Å². The normalized spacial score (nSPS) is 33.0. The van der Waals surface area contributed by atoms with E-state index in [0.29, 0.717) is 19.0 Å². The minimum atomic E-state index is -0.148. The third kappa shape index (κ3) is 1.68. The number of rotatable bonds is 3. The average Bonchev–Trinajstić information content (AvgIpc) is 1.78.